The lowest BCUT2D eigenvalue weighted by Crippen LogP contribution is -2.37. The van der Waals surface area contributed by atoms with Gasteiger partial charge in [0, 0.05) is 41.5 Å². The van der Waals surface area contributed by atoms with Gasteiger partial charge >= 0.3 is 0 Å². The molecule has 4 nitrogen and oxygen atoms in total. The Labute approximate surface area is 194 Å². The van der Waals surface area contributed by atoms with E-state index in [1.54, 1.807) is 12.1 Å². The third kappa shape index (κ3) is 4.41. The van der Waals surface area contributed by atoms with Gasteiger partial charge in [-0.25, -0.2) is 4.39 Å². The molecule has 1 N–H and O–H groups in total. The van der Waals surface area contributed by atoms with Crippen LogP contribution in [-0.4, -0.2) is 28.5 Å². The maximum Gasteiger partial charge on any atom is 0.254 e. The van der Waals surface area contributed by atoms with Crippen LogP contribution >= 0.6 is 27.5 Å². The van der Waals surface area contributed by atoms with Gasteiger partial charge in [-0.2, -0.15) is 0 Å². The van der Waals surface area contributed by atoms with Gasteiger partial charge in [-0.3, -0.25) is 9.59 Å². The van der Waals surface area contributed by atoms with E-state index in [9.17, 15) is 14.0 Å². The summed E-state index contributed by atoms with van der Waals surface area (Å²) in [7, 11) is 0. The van der Waals surface area contributed by atoms with Crippen molar-refractivity contribution in [2.45, 2.75) is 32.4 Å². The van der Waals surface area contributed by atoms with Gasteiger partial charge in [0.2, 0.25) is 0 Å². The number of hydrogen-bond donors (Lipinski definition) is 1. The largest absolute Gasteiger partial charge is 0.369 e. The van der Waals surface area contributed by atoms with Crippen LogP contribution in [-0.2, 0) is 16.1 Å². The topological polar surface area (TPSA) is 49.4 Å². The number of fused-ring (bicyclic) bond motifs is 1. The maximum atomic E-state index is 13.9. The molecule has 0 aromatic heterocycles. The van der Waals surface area contributed by atoms with Crippen LogP contribution < -0.4 is 5.32 Å². The number of carbonyl (C=O) groups is 2. The molecule has 1 unspecified atom stereocenters. The number of halogens is 3. The summed E-state index contributed by atoms with van der Waals surface area (Å²) >= 11 is 10.0. The van der Waals surface area contributed by atoms with Crippen molar-refractivity contribution >= 4 is 44.8 Å². The number of rotatable bonds is 7. The zero-order valence-electron chi connectivity index (χ0n) is 17.1. The second kappa shape index (κ2) is 9.13. The summed E-state index contributed by atoms with van der Waals surface area (Å²) in [5.41, 5.74) is 3.74. The van der Waals surface area contributed by atoms with Crippen molar-refractivity contribution in [2.24, 2.45) is 5.92 Å². The number of benzene rings is 2. The quantitative estimate of drug-likeness (QED) is 0.523. The van der Waals surface area contributed by atoms with Gasteiger partial charge in [0.05, 0.1) is 11.6 Å². The number of alkyl halides is 1. The molecule has 1 aliphatic carbocycles. The molecular weight excluding hydrogens is 483 g/mol. The smallest absolute Gasteiger partial charge is 0.254 e. The molecule has 2 aromatic rings. The molecule has 1 amide bonds. The number of amides is 1. The van der Waals surface area contributed by atoms with Crippen molar-refractivity contribution in [2.75, 3.05) is 11.9 Å². The molecular formula is C24H23BrClFN2O2. The van der Waals surface area contributed by atoms with Crippen molar-refractivity contribution in [3.8, 4) is 0 Å². The van der Waals surface area contributed by atoms with Gasteiger partial charge in [0.15, 0.2) is 0 Å². The van der Waals surface area contributed by atoms with E-state index in [2.05, 4.69) is 33.1 Å². The van der Waals surface area contributed by atoms with Crippen LogP contribution in [0, 0.1) is 11.7 Å². The first-order valence-corrected chi connectivity index (χ1v) is 11.8. The second-order valence-corrected chi connectivity index (χ2v) is 8.89. The van der Waals surface area contributed by atoms with Crippen LogP contribution in [0.3, 0.4) is 0 Å². The van der Waals surface area contributed by atoms with Crippen molar-refractivity contribution in [3.63, 3.8) is 0 Å². The first-order valence-electron chi connectivity index (χ1n) is 10.4. The standard InChI is InChI=1S/C24H23BrClFN2O2/c1-2-9-29-13-18-16(7-4-8-19(18)26)22(20(29)12-25)24(31)28-23(17-11-21(17)30)14-5-3-6-15(27)10-14/h3-8,10,17,23H,2,9,11-13H2,1H3,(H,28,31)/t17?,23-/m1/s1. The highest BCUT2D eigenvalue weighted by Gasteiger charge is 2.44. The summed E-state index contributed by atoms with van der Waals surface area (Å²) in [5, 5.41) is 4.17. The molecule has 162 valence electrons. The fraction of sp³-hybridized carbons (Fsp3) is 0.333. The molecule has 2 atom stereocenters. The number of nitrogens with one attached hydrogen (secondary N) is 1. The summed E-state index contributed by atoms with van der Waals surface area (Å²) in [4.78, 5) is 27.8. The van der Waals surface area contributed by atoms with Crippen LogP contribution in [0.4, 0.5) is 4.39 Å². The van der Waals surface area contributed by atoms with E-state index in [0.717, 1.165) is 29.8 Å². The average molecular weight is 506 g/mol. The normalized spacial score (nSPS) is 18.6. The van der Waals surface area contributed by atoms with Gasteiger partial charge in [-0.15, -0.1) is 0 Å². The number of hydrogen-bond acceptors (Lipinski definition) is 3. The molecule has 0 bridgehead atoms. The lowest BCUT2D eigenvalue weighted by Gasteiger charge is -2.35. The summed E-state index contributed by atoms with van der Waals surface area (Å²) in [6.07, 6.45) is 1.31. The Kier molecular flexibility index (Phi) is 6.49. The van der Waals surface area contributed by atoms with Gasteiger partial charge < -0.3 is 10.2 Å². The first-order chi connectivity index (χ1) is 14.9. The molecule has 0 spiro atoms. The van der Waals surface area contributed by atoms with E-state index in [-0.39, 0.29) is 17.6 Å². The SMILES string of the molecule is CCCN1Cc2c(Cl)cccc2C(C(=O)N[C@H](c2cccc(F)c2)C2CC2=O)=C1CBr. The van der Waals surface area contributed by atoms with Gasteiger partial charge in [0.25, 0.3) is 5.91 Å². The summed E-state index contributed by atoms with van der Waals surface area (Å²) < 4.78 is 13.9. The van der Waals surface area contributed by atoms with E-state index in [0.29, 0.717) is 34.5 Å². The van der Waals surface area contributed by atoms with Gasteiger partial charge in [-0.1, -0.05) is 58.7 Å². The zero-order valence-corrected chi connectivity index (χ0v) is 19.5. The van der Waals surface area contributed by atoms with E-state index >= 15 is 0 Å². The van der Waals surface area contributed by atoms with Crippen LogP contribution in [0.15, 0.2) is 48.2 Å². The van der Waals surface area contributed by atoms with Crippen LogP contribution in [0.25, 0.3) is 5.57 Å². The number of carbonyl (C=O) groups excluding carboxylic acids is 2. The first kappa shape index (κ1) is 22.0. The lowest BCUT2D eigenvalue weighted by atomic mass is 9.92. The van der Waals surface area contributed by atoms with Crippen LogP contribution in [0.1, 0.15) is 42.5 Å². The molecule has 0 saturated heterocycles. The Morgan fingerprint density at radius 1 is 1.32 bits per heavy atom. The Morgan fingerprint density at radius 3 is 2.71 bits per heavy atom. The molecule has 1 heterocycles. The van der Waals surface area contributed by atoms with Crippen molar-refractivity contribution in [1.82, 2.24) is 10.2 Å². The number of ketones is 1. The van der Waals surface area contributed by atoms with E-state index in [1.807, 2.05) is 18.2 Å². The molecule has 1 saturated carbocycles. The Morgan fingerprint density at radius 2 is 2.06 bits per heavy atom. The monoisotopic (exact) mass is 504 g/mol. The van der Waals surface area contributed by atoms with Crippen molar-refractivity contribution < 1.29 is 14.0 Å². The van der Waals surface area contributed by atoms with E-state index in [4.69, 9.17) is 11.6 Å². The highest BCUT2D eigenvalue weighted by molar-refractivity contribution is 9.09. The Balaban J connectivity index is 1.75. The molecule has 0 radical (unpaired) electrons. The summed E-state index contributed by atoms with van der Waals surface area (Å²) in [5.74, 6) is -0.932. The van der Waals surface area contributed by atoms with Crippen LogP contribution in [0.5, 0.6) is 0 Å². The maximum absolute atomic E-state index is 13.9. The molecule has 7 heteroatoms. The molecule has 4 rings (SSSR count). The molecule has 1 aliphatic heterocycles. The highest BCUT2D eigenvalue weighted by Crippen LogP contribution is 2.40. The predicted molar refractivity (Wildman–Crippen MR) is 123 cm³/mol. The minimum absolute atomic E-state index is 0.0731. The molecule has 2 aliphatic rings. The molecule has 31 heavy (non-hydrogen) atoms. The average Bonchev–Trinajstić information content (AvgIpc) is 3.47. The minimum atomic E-state index is -0.566. The summed E-state index contributed by atoms with van der Waals surface area (Å²) in [6, 6.07) is 11.1. The van der Waals surface area contributed by atoms with Crippen LogP contribution in [0.2, 0.25) is 5.02 Å². The highest BCUT2D eigenvalue weighted by atomic mass is 79.9. The second-order valence-electron chi connectivity index (χ2n) is 7.93. The third-order valence-corrected chi connectivity index (χ3v) is 6.71. The fourth-order valence-electron chi connectivity index (χ4n) is 4.23. The van der Waals surface area contributed by atoms with Crippen molar-refractivity contribution in [1.29, 1.82) is 0 Å². The Bertz CT molecular complexity index is 1070. The Hall–Kier alpha value is -2.18. The van der Waals surface area contributed by atoms with Gasteiger partial charge in [-0.05, 0) is 41.3 Å². The molecule has 2 aromatic carbocycles. The van der Waals surface area contributed by atoms with E-state index in [1.165, 1.54) is 12.1 Å². The number of nitrogens with zero attached hydrogens (tertiary/aromatic N) is 1. The summed E-state index contributed by atoms with van der Waals surface area (Å²) in [6.45, 7) is 3.51. The minimum Gasteiger partial charge on any atom is -0.369 e. The lowest BCUT2D eigenvalue weighted by molar-refractivity contribution is -0.116. The molecule has 1 fully saturated rings. The number of Topliss-reactive ketones (excluding diaryl/α,β-unsaturated/α-hetero) is 1. The van der Waals surface area contributed by atoms with Crippen molar-refractivity contribution in [3.05, 3.63) is 75.7 Å². The third-order valence-electron chi connectivity index (χ3n) is 5.83. The van der Waals surface area contributed by atoms with E-state index < -0.39 is 11.9 Å². The predicted octanol–water partition coefficient (Wildman–Crippen LogP) is 5.26. The van der Waals surface area contributed by atoms with Gasteiger partial charge in [0.1, 0.15) is 11.6 Å². The fourth-order valence-corrected chi connectivity index (χ4v) is 5.10. The zero-order chi connectivity index (χ0) is 22.1. The number of allylic oxidation sites excluding steroid dienone is 1.